The van der Waals surface area contributed by atoms with Gasteiger partial charge in [-0.3, -0.25) is 4.79 Å². The lowest BCUT2D eigenvalue weighted by atomic mass is 9.97. The van der Waals surface area contributed by atoms with Crippen LogP contribution in [0, 0.1) is 12.8 Å². The third-order valence-corrected chi connectivity index (χ3v) is 5.59. The van der Waals surface area contributed by atoms with Crippen LogP contribution < -0.4 is 10.2 Å². The van der Waals surface area contributed by atoms with Crippen molar-refractivity contribution >= 4 is 34.5 Å². The third-order valence-electron chi connectivity index (χ3n) is 5.34. The number of fused-ring (bicyclic) bond motifs is 1. The third kappa shape index (κ3) is 4.30. The van der Waals surface area contributed by atoms with Crippen molar-refractivity contribution in [3.8, 4) is 0 Å². The molecule has 1 aromatic heterocycles. The average molecular weight is 397 g/mol. The molecule has 0 aliphatic carbocycles. The first kappa shape index (κ1) is 18.8. The van der Waals surface area contributed by atoms with Gasteiger partial charge in [0.15, 0.2) is 0 Å². The maximum atomic E-state index is 12.6. The Hall–Kier alpha value is -2.53. The van der Waals surface area contributed by atoms with Crippen molar-refractivity contribution in [3.05, 3.63) is 58.6 Å². The van der Waals surface area contributed by atoms with Crippen LogP contribution in [0.3, 0.4) is 0 Å². The van der Waals surface area contributed by atoms with E-state index in [-0.39, 0.29) is 11.8 Å². The summed E-state index contributed by atoms with van der Waals surface area (Å²) in [5, 5.41) is 3.82. The first-order valence-corrected chi connectivity index (χ1v) is 10.2. The largest absolute Gasteiger partial charge is 0.355 e. The monoisotopic (exact) mass is 396 g/mol. The number of amides is 1. The topological polar surface area (TPSA) is 61.0 Å². The SMILES string of the molecule is Cc1ccc2nc(N3CCC[C@H](C(=O)NCCc4ccc(Cl)cc4)C3)[nH]c2c1. The van der Waals surface area contributed by atoms with Crippen LogP contribution in [0.1, 0.15) is 24.0 Å². The van der Waals surface area contributed by atoms with Crippen LogP contribution in [0.15, 0.2) is 42.5 Å². The van der Waals surface area contributed by atoms with Crippen molar-refractivity contribution in [1.82, 2.24) is 15.3 Å². The van der Waals surface area contributed by atoms with E-state index in [0.29, 0.717) is 13.1 Å². The first-order valence-electron chi connectivity index (χ1n) is 9.82. The normalized spacial score (nSPS) is 17.1. The zero-order valence-electron chi connectivity index (χ0n) is 16.0. The predicted octanol–water partition coefficient (Wildman–Crippen LogP) is 4.10. The molecule has 2 heterocycles. The minimum atomic E-state index is -0.00563. The predicted molar refractivity (Wildman–Crippen MR) is 114 cm³/mol. The number of H-pyrrole nitrogens is 1. The lowest BCUT2D eigenvalue weighted by Crippen LogP contribution is -2.43. The van der Waals surface area contributed by atoms with Gasteiger partial charge in [-0.2, -0.15) is 0 Å². The molecule has 1 saturated heterocycles. The summed E-state index contributed by atoms with van der Waals surface area (Å²) in [6.45, 7) is 4.34. The van der Waals surface area contributed by atoms with Gasteiger partial charge in [-0.25, -0.2) is 4.98 Å². The minimum absolute atomic E-state index is 0.00563. The van der Waals surface area contributed by atoms with Crippen molar-refractivity contribution in [3.63, 3.8) is 0 Å². The van der Waals surface area contributed by atoms with Crippen LogP contribution in [0.2, 0.25) is 5.02 Å². The van der Waals surface area contributed by atoms with E-state index < -0.39 is 0 Å². The summed E-state index contributed by atoms with van der Waals surface area (Å²) in [5.41, 5.74) is 4.39. The second-order valence-corrected chi connectivity index (χ2v) is 7.97. The minimum Gasteiger partial charge on any atom is -0.355 e. The summed E-state index contributed by atoms with van der Waals surface area (Å²) in [5.74, 6) is 0.985. The van der Waals surface area contributed by atoms with Gasteiger partial charge in [0.25, 0.3) is 0 Å². The first-order chi connectivity index (χ1) is 13.6. The van der Waals surface area contributed by atoms with Crippen molar-refractivity contribution < 1.29 is 4.79 Å². The highest BCUT2D eigenvalue weighted by Gasteiger charge is 2.27. The number of nitrogens with one attached hydrogen (secondary N) is 2. The van der Waals surface area contributed by atoms with Crippen LogP contribution in [0.5, 0.6) is 0 Å². The van der Waals surface area contributed by atoms with Gasteiger partial charge in [-0.1, -0.05) is 29.8 Å². The number of nitrogens with zero attached hydrogens (tertiary/aromatic N) is 2. The fraction of sp³-hybridized carbons (Fsp3) is 0.364. The molecule has 2 aromatic carbocycles. The molecule has 146 valence electrons. The number of piperidine rings is 1. The Kier molecular flexibility index (Phi) is 5.53. The summed E-state index contributed by atoms with van der Waals surface area (Å²) in [7, 11) is 0. The number of benzene rings is 2. The van der Waals surface area contributed by atoms with E-state index >= 15 is 0 Å². The Bertz CT molecular complexity index is 966. The highest BCUT2D eigenvalue weighted by atomic mass is 35.5. The highest BCUT2D eigenvalue weighted by molar-refractivity contribution is 6.30. The molecule has 1 amide bonds. The quantitative estimate of drug-likeness (QED) is 0.682. The van der Waals surface area contributed by atoms with E-state index in [1.54, 1.807) is 0 Å². The molecule has 0 bridgehead atoms. The number of aryl methyl sites for hydroxylation is 1. The van der Waals surface area contributed by atoms with Gasteiger partial charge < -0.3 is 15.2 Å². The molecule has 3 aromatic rings. The summed E-state index contributed by atoms with van der Waals surface area (Å²) >= 11 is 5.91. The molecular formula is C22H25ClN4O. The molecule has 1 fully saturated rings. The average Bonchev–Trinajstić information content (AvgIpc) is 3.13. The zero-order chi connectivity index (χ0) is 19.5. The Morgan fingerprint density at radius 3 is 2.93 bits per heavy atom. The van der Waals surface area contributed by atoms with Crippen molar-refractivity contribution in [1.29, 1.82) is 0 Å². The fourth-order valence-electron chi connectivity index (χ4n) is 3.77. The van der Waals surface area contributed by atoms with Gasteiger partial charge in [0, 0.05) is 24.7 Å². The zero-order valence-corrected chi connectivity index (χ0v) is 16.8. The van der Waals surface area contributed by atoms with E-state index in [9.17, 15) is 4.79 Å². The molecule has 2 N–H and O–H groups in total. The van der Waals surface area contributed by atoms with Crippen molar-refractivity contribution in [2.24, 2.45) is 5.92 Å². The molecule has 0 spiro atoms. The summed E-state index contributed by atoms with van der Waals surface area (Å²) in [6.07, 6.45) is 2.72. The number of hydrogen-bond donors (Lipinski definition) is 2. The van der Waals surface area contributed by atoms with Crippen molar-refractivity contribution in [2.75, 3.05) is 24.5 Å². The number of aromatic amines is 1. The van der Waals surface area contributed by atoms with Gasteiger partial charge >= 0.3 is 0 Å². The van der Waals surface area contributed by atoms with E-state index in [0.717, 1.165) is 47.8 Å². The molecule has 0 radical (unpaired) electrons. The number of imidazole rings is 1. The van der Waals surface area contributed by atoms with Crippen LogP contribution >= 0.6 is 11.6 Å². The van der Waals surface area contributed by atoms with Gasteiger partial charge in [-0.05, 0) is 61.6 Å². The van der Waals surface area contributed by atoms with Gasteiger partial charge in [0.2, 0.25) is 11.9 Å². The maximum absolute atomic E-state index is 12.6. The Morgan fingerprint density at radius 2 is 2.11 bits per heavy atom. The number of carbonyl (C=O) groups is 1. The van der Waals surface area contributed by atoms with Crippen LogP contribution in [0.25, 0.3) is 11.0 Å². The van der Waals surface area contributed by atoms with Crippen molar-refractivity contribution in [2.45, 2.75) is 26.2 Å². The highest BCUT2D eigenvalue weighted by Crippen LogP contribution is 2.24. The van der Waals surface area contributed by atoms with E-state index in [2.05, 4.69) is 34.3 Å². The molecular weight excluding hydrogens is 372 g/mol. The smallest absolute Gasteiger partial charge is 0.224 e. The van der Waals surface area contributed by atoms with Gasteiger partial charge in [-0.15, -0.1) is 0 Å². The van der Waals surface area contributed by atoms with E-state index in [4.69, 9.17) is 16.6 Å². The lowest BCUT2D eigenvalue weighted by molar-refractivity contribution is -0.125. The lowest BCUT2D eigenvalue weighted by Gasteiger charge is -2.31. The van der Waals surface area contributed by atoms with Gasteiger partial charge in [0.05, 0.1) is 17.0 Å². The molecule has 0 saturated carbocycles. The molecule has 1 atom stereocenters. The molecule has 28 heavy (non-hydrogen) atoms. The molecule has 0 unspecified atom stereocenters. The molecule has 4 rings (SSSR count). The van der Waals surface area contributed by atoms with Crippen LogP contribution in [-0.4, -0.2) is 35.5 Å². The number of aromatic nitrogens is 2. The fourth-order valence-corrected chi connectivity index (χ4v) is 3.89. The van der Waals surface area contributed by atoms with Gasteiger partial charge in [0.1, 0.15) is 0 Å². The van der Waals surface area contributed by atoms with E-state index in [1.807, 2.05) is 30.3 Å². The van der Waals surface area contributed by atoms with E-state index in [1.165, 1.54) is 11.1 Å². The summed E-state index contributed by atoms with van der Waals surface area (Å²) < 4.78 is 0. The Morgan fingerprint density at radius 1 is 1.29 bits per heavy atom. The number of hydrogen-bond acceptors (Lipinski definition) is 3. The van der Waals surface area contributed by atoms with Crippen LogP contribution in [0.4, 0.5) is 5.95 Å². The number of anilines is 1. The number of halogens is 1. The maximum Gasteiger partial charge on any atom is 0.224 e. The second kappa shape index (κ2) is 8.23. The second-order valence-electron chi connectivity index (χ2n) is 7.53. The number of rotatable bonds is 5. The number of carbonyl (C=O) groups excluding carboxylic acids is 1. The summed E-state index contributed by atoms with van der Waals surface area (Å²) in [6, 6.07) is 14.0. The Balaban J connectivity index is 1.34. The molecule has 5 nitrogen and oxygen atoms in total. The molecule has 1 aliphatic heterocycles. The molecule has 1 aliphatic rings. The summed E-state index contributed by atoms with van der Waals surface area (Å²) in [4.78, 5) is 23.0. The standard InChI is InChI=1S/C22H25ClN4O/c1-15-4-9-19-20(13-15)26-22(25-19)27-12-2-3-17(14-27)21(28)24-11-10-16-5-7-18(23)8-6-16/h4-9,13,17H,2-3,10-12,14H2,1H3,(H,24,28)(H,25,26)/t17-/m0/s1. The Labute approximate surface area is 170 Å². The molecule has 6 heteroatoms. The van der Waals surface area contributed by atoms with Crippen LogP contribution in [-0.2, 0) is 11.2 Å².